The number of Topliss-reactive ketones (excluding diaryl/α,β-unsaturated/α-hetero) is 1. The summed E-state index contributed by atoms with van der Waals surface area (Å²) in [5, 5.41) is 9.37. The number of rotatable bonds is 19. The number of benzene rings is 5. The van der Waals surface area contributed by atoms with Crippen molar-refractivity contribution in [1.29, 1.82) is 0 Å². The zero-order valence-electron chi connectivity index (χ0n) is 35.7. The number of imidazole rings is 2. The van der Waals surface area contributed by atoms with Crippen LogP contribution in [0.15, 0.2) is 152 Å². The summed E-state index contributed by atoms with van der Waals surface area (Å²) in [7, 11) is 0. The van der Waals surface area contributed by atoms with E-state index in [0.717, 1.165) is 64.7 Å². The Hall–Kier alpha value is -7.19. The fourth-order valence-corrected chi connectivity index (χ4v) is 8.13. The quantitative estimate of drug-likeness (QED) is 0.0401. The largest absolute Gasteiger partial charge is 0.446 e. The Morgan fingerprint density at radius 2 is 1.30 bits per heavy atom. The van der Waals surface area contributed by atoms with Crippen LogP contribution in [0.2, 0.25) is 0 Å². The molecular formula is C51H53N9O4. The fraction of sp³-hybridized carbons (Fsp3) is 0.235. The minimum Gasteiger partial charge on any atom is -0.446 e. The van der Waals surface area contributed by atoms with Crippen molar-refractivity contribution >= 4 is 23.5 Å². The molecule has 0 bridgehead atoms. The van der Waals surface area contributed by atoms with Gasteiger partial charge in [-0.1, -0.05) is 109 Å². The van der Waals surface area contributed by atoms with Crippen LogP contribution in [0.4, 0.5) is 10.5 Å². The molecule has 0 saturated carbocycles. The van der Waals surface area contributed by atoms with Gasteiger partial charge in [0.25, 0.3) is 5.91 Å². The average Bonchev–Trinajstić information content (AvgIpc) is 4.06. The summed E-state index contributed by atoms with van der Waals surface area (Å²) in [6, 6.07) is 41.6. The minimum absolute atomic E-state index is 0.0862. The van der Waals surface area contributed by atoms with Gasteiger partial charge in [0.1, 0.15) is 17.8 Å². The van der Waals surface area contributed by atoms with Gasteiger partial charge < -0.3 is 30.2 Å². The number of amides is 2. The Morgan fingerprint density at radius 3 is 1.97 bits per heavy atom. The van der Waals surface area contributed by atoms with Crippen LogP contribution in [0, 0.1) is 0 Å². The van der Waals surface area contributed by atoms with Crippen LogP contribution in [0.3, 0.4) is 0 Å². The van der Waals surface area contributed by atoms with Gasteiger partial charge in [0.2, 0.25) is 0 Å². The number of nitrogens with one attached hydrogen (secondary N) is 5. The number of carbonyl (C=O) groups is 3. The molecular weight excluding hydrogens is 803 g/mol. The minimum atomic E-state index is -0.474. The van der Waals surface area contributed by atoms with E-state index in [0.29, 0.717) is 62.4 Å². The molecule has 2 amide bonds. The van der Waals surface area contributed by atoms with Gasteiger partial charge in [-0.2, -0.15) is 0 Å². The first-order valence-electron chi connectivity index (χ1n) is 21.8. The van der Waals surface area contributed by atoms with Gasteiger partial charge in [-0.15, -0.1) is 0 Å². The zero-order valence-corrected chi connectivity index (χ0v) is 35.7. The highest BCUT2D eigenvalue weighted by Gasteiger charge is 2.24. The van der Waals surface area contributed by atoms with Gasteiger partial charge in [0, 0.05) is 80.7 Å². The first-order chi connectivity index (χ1) is 31.5. The lowest BCUT2D eigenvalue weighted by molar-refractivity contribution is 0.0593. The van der Waals surface area contributed by atoms with Crippen LogP contribution >= 0.6 is 0 Å². The van der Waals surface area contributed by atoms with Crippen molar-refractivity contribution in [2.75, 3.05) is 51.1 Å². The van der Waals surface area contributed by atoms with E-state index in [-0.39, 0.29) is 24.3 Å². The van der Waals surface area contributed by atoms with E-state index in [9.17, 15) is 14.4 Å². The molecule has 0 aliphatic carbocycles. The Balaban J connectivity index is 0.788. The second-order valence-electron chi connectivity index (χ2n) is 15.8. The van der Waals surface area contributed by atoms with Crippen molar-refractivity contribution in [3.63, 3.8) is 0 Å². The van der Waals surface area contributed by atoms with E-state index in [4.69, 9.17) is 4.74 Å². The summed E-state index contributed by atoms with van der Waals surface area (Å²) in [5.41, 5.74) is 7.78. The number of carbonyl (C=O) groups excluding carboxylic acids is 3. The molecule has 0 spiro atoms. The van der Waals surface area contributed by atoms with E-state index >= 15 is 0 Å². The summed E-state index contributed by atoms with van der Waals surface area (Å²) in [6.07, 6.45) is 7.73. The third-order valence-electron chi connectivity index (χ3n) is 11.4. The molecule has 0 unspecified atom stereocenters. The van der Waals surface area contributed by atoms with Gasteiger partial charge in [-0.25, -0.2) is 14.8 Å². The van der Waals surface area contributed by atoms with E-state index in [2.05, 4.69) is 88.2 Å². The maximum atomic E-state index is 13.5. The molecule has 7 aromatic rings. The van der Waals surface area contributed by atoms with E-state index in [1.54, 1.807) is 49.1 Å². The molecule has 3 heterocycles. The van der Waals surface area contributed by atoms with Crippen molar-refractivity contribution in [3.05, 3.63) is 175 Å². The van der Waals surface area contributed by atoms with Crippen LogP contribution < -0.4 is 16.0 Å². The van der Waals surface area contributed by atoms with Crippen molar-refractivity contribution in [2.24, 2.45) is 0 Å². The van der Waals surface area contributed by atoms with E-state index in [1.807, 2.05) is 60.7 Å². The molecule has 13 heteroatoms. The second-order valence-corrected chi connectivity index (χ2v) is 15.8. The predicted octanol–water partition coefficient (Wildman–Crippen LogP) is 8.05. The number of ketones is 1. The highest BCUT2D eigenvalue weighted by atomic mass is 16.6. The predicted molar refractivity (Wildman–Crippen MR) is 250 cm³/mol. The van der Waals surface area contributed by atoms with Crippen molar-refractivity contribution in [2.45, 2.75) is 32.0 Å². The monoisotopic (exact) mass is 855 g/mol. The molecule has 13 nitrogen and oxygen atoms in total. The van der Waals surface area contributed by atoms with Crippen molar-refractivity contribution in [1.82, 2.24) is 40.4 Å². The van der Waals surface area contributed by atoms with Gasteiger partial charge in [-0.05, 0) is 58.9 Å². The Morgan fingerprint density at radius 1 is 0.688 bits per heavy atom. The number of ether oxygens (including phenoxy) is 1. The molecule has 5 aromatic carbocycles. The molecule has 0 atom stereocenters. The highest BCUT2D eigenvalue weighted by molar-refractivity contribution is 6.02. The summed E-state index contributed by atoms with van der Waals surface area (Å²) in [6.45, 7) is 5.20. The number of H-pyrrole nitrogens is 2. The lowest BCUT2D eigenvalue weighted by atomic mass is 9.88. The molecule has 0 radical (unpaired) electrons. The Kier molecular flexibility index (Phi) is 14.8. The summed E-state index contributed by atoms with van der Waals surface area (Å²) < 4.78 is 6.02. The van der Waals surface area contributed by atoms with E-state index < -0.39 is 6.09 Å². The van der Waals surface area contributed by atoms with Gasteiger partial charge in [0.15, 0.2) is 5.78 Å². The molecule has 5 N–H and O–H groups in total. The summed E-state index contributed by atoms with van der Waals surface area (Å²) >= 11 is 0. The van der Waals surface area contributed by atoms with E-state index in [1.165, 1.54) is 0 Å². The van der Waals surface area contributed by atoms with Crippen LogP contribution in [0.25, 0.3) is 33.4 Å². The molecule has 2 aromatic heterocycles. The SMILES string of the molecule is O=C(Nc1cccc(-c2ccccc2)c1-c1ccccc1-c1ccccc1)OC1CCN(CCNCC(=O)c2cccc(C(=O)NCCN(Cc3ncc[nH]3)Cc3ncc[nH]3)c2)CC1. The molecule has 1 aliphatic heterocycles. The summed E-state index contributed by atoms with van der Waals surface area (Å²) in [5.74, 6) is 1.33. The van der Waals surface area contributed by atoms with Gasteiger partial charge in [-0.3, -0.25) is 19.8 Å². The van der Waals surface area contributed by atoms with Crippen LogP contribution in [-0.2, 0) is 17.8 Å². The third-order valence-corrected chi connectivity index (χ3v) is 11.4. The highest BCUT2D eigenvalue weighted by Crippen LogP contribution is 2.42. The third kappa shape index (κ3) is 11.6. The fourth-order valence-electron chi connectivity index (χ4n) is 8.13. The maximum absolute atomic E-state index is 13.5. The lowest BCUT2D eigenvalue weighted by Gasteiger charge is -2.31. The molecule has 1 fully saturated rings. The first-order valence-corrected chi connectivity index (χ1v) is 21.8. The molecule has 326 valence electrons. The number of likely N-dealkylation sites (tertiary alicyclic amines) is 1. The molecule has 1 saturated heterocycles. The Labute approximate surface area is 373 Å². The number of hydrogen-bond donors (Lipinski definition) is 5. The van der Waals surface area contributed by atoms with Crippen LogP contribution in [0.5, 0.6) is 0 Å². The molecule has 64 heavy (non-hydrogen) atoms. The number of aromatic amines is 2. The number of nitrogens with zero attached hydrogens (tertiary/aromatic N) is 4. The smallest absolute Gasteiger partial charge is 0.411 e. The zero-order chi connectivity index (χ0) is 43.9. The van der Waals surface area contributed by atoms with Gasteiger partial charge >= 0.3 is 6.09 Å². The normalized spacial score (nSPS) is 13.1. The van der Waals surface area contributed by atoms with Crippen LogP contribution in [-0.4, -0.2) is 99.4 Å². The lowest BCUT2D eigenvalue weighted by Crippen LogP contribution is -2.42. The van der Waals surface area contributed by atoms with Crippen LogP contribution in [0.1, 0.15) is 45.2 Å². The average molecular weight is 856 g/mol. The number of anilines is 1. The standard InChI is InChI=1S/C51H53N9O4/c61-46(39-15-9-16-40(33-39)50(62)57-28-32-60(35-47-53-23-24-54-47)36-48-55-25-26-56-48)34-52-27-31-59-29-21-41(22-30-59)64-51(63)58-45-20-10-19-43(38-13-5-2-6-14-38)49(45)44-18-8-7-17-42(44)37-11-3-1-4-12-37/h1-20,23-26,33,41,52H,21-22,27-32,34-36H2,(H,53,54)(H,55,56)(H,57,62)(H,58,63). The molecule has 8 rings (SSSR count). The number of aromatic nitrogens is 4. The first kappa shape index (κ1) is 43.5. The van der Waals surface area contributed by atoms with Crippen molar-refractivity contribution < 1.29 is 19.1 Å². The summed E-state index contributed by atoms with van der Waals surface area (Å²) in [4.78, 5) is 59.1. The maximum Gasteiger partial charge on any atom is 0.411 e. The second kappa shape index (κ2) is 21.7. The van der Waals surface area contributed by atoms with Crippen molar-refractivity contribution in [3.8, 4) is 33.4 Å². The van der Waals surface area contributed by atoms with Gasteiger partial charge in [0.05, 0.1) is 25.3 Å². The number of hydrogen-bond acceptors (Lipinski definition) is 9. The topological polar surface area (TPSA) is 160 Å². The Bertz CT molecular complexity index is 2540. The molecule has 1 aliphatic rings. The number of piperidine rings is 1.